The maximum atomic E-state index is 12.1. The lowest BCUT2D eigenvalue weighted by Crippen LogP contribution is -2.54. The fourth-order valence-corrected chi connectivity index (χ4v) is 2.62. The summed E-state index contributed by atoms with van der Waals surface area (Å²) in [5.41, 5.74) is 1.06. The molecule has 8 nitrogen and oxygen atoms in total. The second-order valence-corrected chi connectivity index (χ2v) is 8.68. The highest BCUT2D eigenvalue weighted by atomic mass is 127. The Morgan fingerprint density at radius 1 is 1.13 bits per heavy atom. The average Bonchev–Trinajstić information content (AvgIpc) is 3.17. The van der Waals surface area contributed by atoms with Gasteiger partial charge in [-0.25, -0.2) is 14.5 Å². The van der Waals surface area contributed by atoms with Crippen LogP contribution < -0.4 is 16.0 Å². The number of halogens is 1. The van der Waals surface area contributed by atoms with Gasteiger partial charge in [0.05, 0.1) is 17.8 Å². The number of rotatable bonds is 7. The molecule has 0 saturated carbocycles. The molecule has 0 radical (unpaired) electrons. The summed E-state index contributed by atoms with van der Waals surface area (Å²) < 4.78 is 7.16. The third-order valence-electron chi connectivity index (χ3n) is 4.01. The zero-order chi connectivity index (χ0) is 22.2. The number of amides is 1. The fourth-order valence-electron chi connectivity index (χ4n) is 2.62. The van der Waals surface area contributed by atoms with E-state index in [1.54, 1.807) is 6.20 Å². The molecule has 0 bridgehead atoms. The quantitative estimate of drug-likeness (QED) is 0.281. The third kappa shape index (κ3) is 10.0. The molecule has 1 amide bonds. The number of ether oxygens (including phenoxy) is 1. The standard InChI is InChI=1S/C22H34N6O2.HI/c1-7-23-19(25-16-22(5,6)27-20(29)30-21(2,3)4)24-15-17-9-11-18(12-10-17)28-14-8-13-26-28;/h8-14H,7,15-16H2,1-6H3,(H,27,29)(H2,23,24,25);1H. The summed E-state index contributed by atoms with van der Waals surface area (Å²) in [5.74, 6) is 0.688. The van der Waals surface area contributed by atoms with Crippen molar-refractivity contribution < 1.29 is 9.53 Å². The maximum Gasteiger partial charge on any atom is 0.408 e. The maximum absolute atomic E-state index is 12.1. The van der Waals surface area contributed by atoms with E-state index in [1.165, 1.54) is 0 Å². The molecule has 0 atom stereocenters. The van der Waals surface area contributed by atoms with Crippen LogP contribution in [0.4, 0.5) is 4.79 Å². The lowest BCUT2D eigenvalue weighted by Gasteiger charge is -2.29. The Bertz CT molecular complexity index is 827. The van der Waals surface area contributed by atoms with Crippen molar-refractivity contribution in [2.24, 2.45) is 4.99 Å². The Balaban J connectivity index is 0.00000480. The molecule has 1 heterocycles. The molecule has 0 spiro atoms. The van der Waals surface area contributed by atoms with Crippen LogP contribution in [0.3, 0.4) is 0 Å². The molecule has 0 saturated heterocycles. The van der Waals surface area contributed by atoms with Gasteiger partial charge in [-0.3, -0.25) is 0 Å². The summed E-state index contributed by atoms with van der Waals surface area (Å²) in [5, 5.41) is 13.6. The normalized spacial score (nSPS) is 12.0. The lowest BCUT2D eigenvalue weighted by atomic mass is 10.1. The number of benzene rings is 1. The fraction of sp³-hybridized carbons (Fsp3) is 0.500. The van der Waals surface area contributed by atoms with Crippen molar-refractivity contribution in [3.63, 3.8) is 0 Å². The Morgan fingerprint density at radius 2 is 1.81 bits per heavy atom. The van der Waals surface area contributed by atoms with Crippen LogP contribution in [-0.2, 0) is 11.3 Å². The van der Waals surface area contributed by atoms with Gasteiger partial charge in [0.25, 0.3) is 0 Å². The van der Waals surface area contributed by atoms with Crippen molar-refractivity contribution in [2.45, 2.75) is 59.2 Å². The molecule has 1 aromatic heterocycles. The van der Waals surface area contributed by atoms with Crippen LogP contribution in [0.15, 0.2) is 47.7 Å². The van der Waals surface area contributed by atoms with E-state index in [0.717, 1.165) is 17.8 Å². The molecule has 0 fully saturated rings. The second kappa shape index (κ2) is 11.9. The molecule has 0 aliphatic rings. The van der Waals surface area contributed by atoms with Gasteiger partial charge in [0.2, 0.25) is 0 Å². The molecule has 172 valence electrons. The summed E-state index contributed by atoms with van der Waals surface area (Å²) in [6.45, 7) is 13.2. The summed E-state index contributed by atoms with van der Waals surface area (Å²) in [7, 11) is 0. The van der Waals surface area contributed by atoms with E-state index in [2.05, 4.69) is 26.0 Å². The molecular weight excluding hydrogens is 507 g/mol. The first-order chi connectivity index (χ1) is 14.1. The zero-order valence-electron chi connectivity index (χ0n) is 19.2. The average molecular weight is 542 g/mol. The molecule has 0 aliphatic carbocycles. The zero-order valence-corrected chi connectivity index (χ0v) is 21.6. The highest BCUT2D eigenvalue weighted by Crippen LogP contribution is 2.10. The Hall–Kier alpha value is -2.30. The van der Waals surface area contributed by atoms with Crippen molar-refractivity contribution in [2.75, 3.05) is 13.1 Å². The van der Waals surface area contributed by atoms with Crippen LogP contribution in [0.25, 0.3) is 5.69 Å². The Kier molecular flexibility index (Phi) is 10.3. The van der Waals surface area contributed by atoms with Gasteiger partial charge in [-0.1, -0.05) is 12.1 Å². The number of guanidine groups is 1. The largest absolute Gasteiger partial charge is 0.444 e. The van der Waals surface area contributed by atoms with Crippen LogP contribution in [0, 0.1) is 0 Å². The van der Waals surface area contributed by atoms with Gasteiger partial charge in [0.15, 0.2) is 5.96 Å². The molecule has 2 rings (SSSR count). The number of carbonyl (C=O) groups is 1. The minimum absolute atomic E-state index is 0. The number of hydrogen-bond acceptors (Lipinski definition) is 4. The summed E-state index contributed by atoms with van der Waals surface area (Å²) in [4.78, 5) is 16.7. The topological polar surface area (TPSA) is 92.6 Å². The Morgan fingerprint density at radius 3 is 2.35 bits per heavy atom. The van der Waals surface area contributed by atoms with Crippen molar-refractivity contribution in [3.8, 4) is 5.69 Å². The van der Waals surface area contributed by atoms with Gasteiger partial charge in [0, 0.05) is 25.5 Å². The number of alkyl carbamates (subject to hydrolysis) is 1. The van der Waals surface area contributed by atoms with E-state index in [1.807, 2.05) is 82.8 Å². The van der Waals surface area contributed by atoms with Gasteiger partial charge in [-0.05, 0) is 65.3 Å². The number of aliphatic imine (C=N–C) groups is 1. The smallest absolute Gasteiger partial charge is 0.408 e. The number of nitrogens with one attached hydrogen (secondary N) is 3. The first kappa shape index (κ1) is 26.7. The van der Waals surface area contributed by atoms with Gasteiger partial charge in [-0.2, -0.15) is 5.10 Å². The first-order valence-electron chi connectivity index (χ1n) is 10.2. The predicted molar refractivity (Wildman–Crippen MR) is 135 cm³/mol. The van der Waals surface area contributed by atoms with E-state index in [4.69, 9.17) is 4.74 Å². The predicted octanol–water partition coefficient (Wildman–Crippen LogP) is 3.85. The SMILES string of the molecule is CCNC(=NCc1ccc(-n2cccn2)cc1)NCC(C)(C)NC(=O)OC(C)(C)C.I. The third-order valence-corrected chi connectivity index (χ3v) is 4.01. The number of carbonyl (C=O) groups excluding carboxylic acids is 1. The molecule has 2 aromatic rings. The summed E-state index contributed by atoms with van der Waals surface area (Å²) in [6.07, 6.45) is 3.23. The lowest BCUT2D eigenvalue weighted by molar-refractivity contribution is 0.0474. The van der Waals surface area contributed by atoms with Gasteiger partial charge >= 0.3 is 6.09 Å². The van der Waals surface area contributed by atoms with Crippen LogP contribution in [0.5, 0.6) is 0 Å². The van der Waals surface area contributed by atoms with Crippen molar-refractivity contribution in [1.82, 2.24) is 25.7 Å². The second-order valence-electron chi connectivity index (χ2n) is 8.68. The molecule has 31 heavy (non-hydrogen) atoms. The van der Waals surface area contributed by atoms with Crippen molar-refractivity contribution >= 4 is 36.0 Å². The van der Waals surface area contributed by atoms with E-state index in [9.17, 15) is 4.79 Å². The van der Waals surface area contributed by atoms with Crippen LogP contribution in [-0.4, -0.2) is 46.1 Å². The first-order valence-corrected chi connectivity index (χ1v) is 10.2. The molecule has 0 unspecified atom stereocenters. The molecule has 1 aromatic carbocycles. The van der Waals surface area contributed by atoms with Crippen LogP contribution in [0.2, 0.25) is 0 Å². The highest BCUT2D eigenvalue weighted by Gasteiger charge is 2.24. The summed E-state index contributed by atoms with van der Waals surface area (Å²) in [6, 6.07) is 10.0. The molecular formula is C22H35IN6O2. The van der Waals surface area contributed by atoms with E-state index >= 15 is 0 Å². The number of aromatic nitrogens is 2. The van der Waals surface area contributed by atoms with E-state index in [0.29, 0.717) is 19.0 Å². The van der Waals surface area contributed by atoms with Crippen LogP contribution in [0.1, 0.15) is 47.1 Å². The van der Waals surface area contributed by atoms with Gasteiger partial charge in [-0.15, -0.1) is 24.0 Å². The van der Waals surface area contributed by atoms with Crippen molar-refractivity contribution in [1.29, 1.82) is 0 Å². The number of nitrogens with zero attached hydrogens (tertiary/aromatic N) is 3. The van der Waals surface area contributed by atoms with Gasteiger partial charge in [0.1, 0.15) is 5.60 Å². The van der Waals surface area contributed by atoms with E-state index in [-0.39, 0.29) is 24.0 Å². The highest BCUT2D eigenvalue weighted by molar-refractivity contribution is 14.0. The monoisotopic (exact) mass is 542 g/mol. The summed E-state index contributed by atoms with van der Waals surface area (Å²) >= 11 is 0. The minimum atomic E-state index is -0.531. The van der Waals surface area contributed by atoms with E-state index < -0.39 is 17.2 Å². The van der Waals surface area contributed by atoms with Gasteiger partial charge < -0.3 is 20.7 Å². The molecule has 9 heteroatoms. The van der Waals surface area contributed by atoms with Crippen molar-refractivity contribution in [3.05, 3.63) is 48.3 Å². The minimum Gasteiger partial charge on any atom is -0.444 e. The molecule has 3 N–H and O–H groups in total. The molecule has 0 aliphatic heterocycles. The number of hydrogen-bond donors (Lipinski definition) is 3. The van der Waals surface area contributed by atoms with Crippen LogP contribution >= 0.6 is 24.0 Å². The Labute approximate surface area is 202 Å².